The van der Waals surface area contributed by atoms with E-state index in [1.165, 1.54) is 12.1 Å². The Balaban J connectivity index is 2.22. The summed E-state index contributed by atoms with van der Waals surface area (Å²) in [6, 6.07) is 13.8. The first kappa shape index (κ1) is 14.3. The molecule has 3 nitrogen and oxygen atoms in total. The lowest BCUT2D eigenvalue weighted by atomic mass is 10.1. The molecule has 0 saturated carbocycles. The number of halogens is 1. The number of hydrogen-bond acceptors (Lipinski definition) is 3. The molecule has 0 amide bonds. The molecule has 1 aromatic heterocycles. The van der Waals surface area contributed by atoms with Crippen molar-refractivity contribution in [2.45, 2.75) is 6.92 Å². The van der Waals surface area contributed by atoms with Crippen molar-refractivity contribution in [3.05, 3.63) is 54.3 Å². The number of ether oxygens (including phenoxy) is 2. The molecule has 3 rings (SSSR count). The quantitative estimate of drug-likeness (QED) is 0.713. The molecule has 0 unspecified atom stereocenters. The molecular weight excluding hydrogens is 281 g/mol. The Kier molecular flexibility index (Phi) is 3.92. The van der Waals surface area contributed by atoms with Crippen molar-refractivity contribution in [1.82, 2.24) is 4.98 Å². The van der Waals surface area contributed by atoms with Crippen LogP contribution in [0.1, 0.15) is 6.92 Å². The van der Waals surface area contributed by atoms with Crippen LogP contribution in [0.2, 0.25) is 0 Å². The molecule has 0 radical (unpaired) electrons. The summed E-state index contributed by atoms with van der Waals surface area (Å²) in [4.78, 5) is 4.61. The lowest BCUT2D eigenvalue weighted by molar-refractivity contribution is 0.344. The predicted octanol–water partition coefficient (Wildman–Crippen LogP) is 4.45. The van der Waals surface area contributed by atoms with Crippen molar-refractivity contribution in [1.29, 1.82) is 0 Å². The summed E-state index contributed by atoms with van der Waals surface area (Å²) in [7, 11) is 1.61. The van der Waals surface area contributed by atoms with Crippen LogP contribution >= 0.6 is 0 Å². The summed E-state index contributed by atoms with van der Waals surface area (Å²) in [5.74, 6) is 1.16. The standard InChI is InChI=1S/C18H16FNO2/c1-3-22-18-11-16(12-5-4-6-13(19)9-12)20-17-10-14(21-2)7-8-15(17)18/h4-11H,3H2,1-2H3. The van der Waals surface area contributed by atoms with E-state index in [0.717, 1.165) is 22.4 Å². The lowest BCUT2D eigenvalue weighted by Gasteiger charge is -2.11. The van der Waals surface area contributed by atoms with Gasteiger partial charge in [-0.2, -0.15) is 0 Å². The minimum Gasteiger partial charge on any atom is -0.497 e. The molecule has 0 fully saturated rings. The molecule has 4 heteroatoms. The van der Waals surface area contributed by atoms with E-state index < -0.39 is 0 Å². The zero-order chi connectivity index (χ0) is 15.5. The Morgan fingerprint density at radius 2 is 1.95 bits per heavy atom. The highest BCUT2D eigenvalue weighted by Crippen LogP contribution is 2.32. The van der Waals surface area contributed by atoms with E-state index in [0.29, 0.717) is 17.9 Å². The van der Waals surface area contributed by atoms with Gasteiger partial charge < -0.3 is 9.47 Å². The van der Waals surface area contributed by atoms with E-state index in [1.54, 1.807) is 13.2 Å². The van der Waals surface area contributed by atoms with E-state index >= 15 is 0 Å². The van der Waals surface area contributed by atoms with Crippen molar-refractivity contribution in [3.8, 4) is 22.8 Å². The van der Waals surface area contributed by atoms with Crippen LogP contribution in [0.3, 0.4) is 0 Å². The summed E-state index contributed by atoms with van der Waals surface area (Å²) >= 11 is 0. The molecule has 0 saturated heterocycles. The minimum atomic E-state index is -0.289. The van der Waals surface area contributed by atoms with Gasteiger partial charge in [0, 0.05) is 23.1 Å². The van der Waals surface area contributed by atoms with Crippen LogP contribution in [0.4, 0.5) is 4.39 Å². The van der Waals surface area contributed by atoms with Crippen molar-refractivity contribution in [3.63, 3.8) is 0 Å². The second-order valence-electron chi connectivity index (χ2n) is 4.83. The molecule has 22 heavy (non-hydrogen) atoms. The van der Waals surface area contributed by atoms with Gasteiger partial charge in [-0.05, 0) is 31.2 Å². The molecule has 0 atom stereocenters. The van der Waals surface area contributed by atoms with Gasteiger partial charge in [-0.3, -0.25) is 0 Å². The van der Waals surface area contributed by atoms with Gasteiger partial charge in [0.05, 0.1) is 24.9 Å². The number of aromatic nitrogens is 1. The molecule has 0 aliphatic carbocycles. The van der Waals surface area contributed by atoms with Gasteiger partial charge in [-0.25, -0.2) is 9.37 Å². The maximum atomic E-state index is 13.5. The maximum absolute atomic E-state index is 13.5. The van der Waals surface area contributed by atoms with Gasteiger partial charge in [0.2, 0.25) is 0 Å². The molecular formula is C18H16FNO2. The van der Waals surface area contributed by atoms with Crippen molar-refractivity contribution in [2.24, 2.45) is 0 Å². The van der Waals surface area contributed by atoms with Crippen LogP contribution in [0, 0.1) is 5.82 Å². The molecule has 0 N–H and O–H groups in total. The molecule has 0 aliphatic heterocycles. The third-order valence-electron chi connectivity index (χ3n) is 3.40. The molecule has 0 aliphatic rings. The van der Waals surface area contributed by atoms with Crippen molar-refractivity contribution >= 4 is 10.9 Å². The SMILES string of the molecule is CCOc1cc(-c2cccc(F)c2)nc2cc(OC)ccc12. The van der Waals surface area contributed by atoms with Crippen LogP contribution in [0.25, 0.3) is 22.2 Å². The first-order chi connectivity index (χ1) is 10.7. The minimum absolute atomic E-state index is 0.289. The molecule has 0 bridgehead atoms. The van der Waals surface area contributed by atoms with Gasteiger partial charge >= 0.3 is 0 Å². The summed E-state index contributed by atoms with van der Waals surface area (Å²) in [6.45, 7) is 2.48. The molecule has 3 aromatic rings. The van der Waals surface area contributed by atoms with Crippen LogP contribution in [0.15, 0.2) is 48.5 Å². The topological polar surface area (TPSA) is 31.4 Å². The molecule has 0 spiro atoms. The van der Waals surface area contributed by atoms with Crippen molar-refractivity contribution < 1.29 is 13.9 Å². The van der Waals surface area contributed by atoms with E-state index in [-0.39, 0.29) is 5.82 Å². The Morgan fingerprint density at radius 1 is 1.09 bits per heavy atom. The van der Waals surface area contributed by atoms with Gasteiger partial charge in [0.25, 0.3) is 0 Å². The Bertz CT molecular complexity index is 817. The number of methoxy groups -OCH3 is 1. The Hall–Kier alpha value is -2.62. The summed E-state index contributed by atoms with van der Waals surface area (Å²) in [5.41, 5.74) is 2.14. The van der Waals surface area contributed by atoms with Gasteiger partial charge in [-0.15, -0.1) is 0 Å². The van der Waals surface area contributed by atoms with Crippen LogP contribution in [0.5, 0.6) is 11.5 Å². The van der Waals surface area contributed by atoms with E-state index in [2.05, 4.69) is 4.98 Å². The van der Waals surface area contributed by atoms with Gasteiger partial charge in [0.1, 0.15) is 17.3 Å². The third-order valence-corrected chi connectivity index (χ3v) is 3.40. The van der Waals surface area contributed by atoms with Crippen LogP contribution in [-0.4, -0.2) is 18.7 Å². The van der Waals surface area contributed by atoms with E-state index in [9.17, 15) is 4.39 Å². The Labute approximate surface area is 128 Å². The fourth-order valence-electron chi connectivity index (χ4n) is 2.37. The van der Waals surface area contributed by atoms with Crippen molar-refractivity contribution in [2.75, 3.05) is 13.7 Å². The van der Waals surface area contributed by atoms with Crippen LogP contribution in [-0.2, 0) is 0 Å². The van der Waals surface area contributed by atoms with Gasteiger partial charge in [-0.1, -0.05) is 12.1 Å². The van der Waals surface area contributed by atoms with Crippen LogP contribution < -0.4 is 9.47 Å². The smallest absolute Gasteiger partial charge is 0.130 e. The third kappa shape index (κ3) is 2.72. The average Bonchev–Trinajstić information content (AvgIpc) is 2.54. The summed E-state index contributed by atoms with van der Waals surface area (Å²) in [5, 5.41) is 0.905. The number of fused-ring (bicyclic) bond motifs is 1. The first-order valence-electron chi connectivity index (χ1n) is 7.09. The first-order valence-corrected chi connectivity index (χ1v) is 7.09. The van der Waals surface area contributed by atoms with E-state index in [4.69, 9.17) is 9.47 Å². The summed E-state index contributed by atoms with van der Waals surface area (Å²) in [6.07, 6.45) is 0. The zero-order valence-corrected chi connectivity index (χ0v) is 12.5. The number of benzene rings is 2. The highest BCUT2D eigenvalue weighted by molar-refractivity contribution is 5.89. The largest absolute Gasteiger partial charge is 0.497 e. The lowest BCUT2D eigenvalue weighted by Crippen LogP contribution is -1.96. The molecule has 112 valence electrons. The monoisotopic (exact) mass is 297 g/mol. The predicted molar refractivity (Wildman–Crippen MR) is 84.9 cm³/mol. The second-order valence-corrected chi connectivity index (χ2v) is 4.83. The summed E-state index contributed by atoms with van der Waals surface area (Å²) < 4.78 is 24.4. The van der Waals surface area contributed by atoms with E-state index in [1.807, 2.05) is 37.3 Å². The van der Waals surface area contributed by atoms with Gasteiger partial charge in [0.15, 0.2) is 0 Å². The average molecular weight is 297 g/mol. The Morgan fingerprint density at radius 3 is 2.68 bits per heavy atom. The molecule has 2 aromatic carbocycles. The highest BCUT2D eigenvalue weighted by Gasteiger charge is 2.10. The number of hydrogen-bond donors (Lipinski definition) is 0. The zero-order valence-electron chi connectivity index (χ0n) is 12.5. The number of pyridine rings is 1. The fourth-order valence-corrected chi connectivity index (χ4v) is 2.37. The molecule has 1 heterocycles. The normalized spacial score (nSPS) is 10.7. The maximum Gasteiger partial charge on any atom is 0.130 e. The second kappa shape index (κ2) is 6.02. The highest BCUT2D eigenvalue weighted by atomic mass is 19.1. The number of rotatable bonds is 4. The fraction of sp³-hybridized carbons (Fsp3) is 0.167. The number of nitrogens with zero attached hydrogens (tertiary/aromatic N) is 1.